The molecule has 0 unspecified atom stereocenters. The van der Waals surface area contributed by atoms with Crippen molar-refractivity contribution in [2.75, 3.05) is 0 Å². The number of rotatable bonds is 5. The molecule has 4 nitrogen and oxygen atoms in total. The monoisotopic (exact) mass is 744 g/mol. The molecule has 4 aromatic heterocycles. The van der Waals surface area contributed by atoms with Crippen molar-refractivity contribution in [3.8, 4) is 44.5 Å². The zero-order valence-electron chi connectivity index (χ0n) is 30.7. The normalized spacial score (nSPS) is 11.9. The maximum Gasteiger partial charge on any atom is 0.235 e. The van der Waals surface area contributed by atoms with Gasteiger partial charge in [0.2, 0.25) is 5.95 Å². The van der Waals surface area contributed by atoms with Gasteiger partial charge in [0.1, 0.15) is 0 Å². The quantitative estimate of drug-likeness (QED) is 0.176. The van der Waals surface area contributed by atoms with Crippen LogP contribution in [0, 0.1) is 0 Å². The molecule has 0 saturated carbocycles. The van der Waals surface area contributed by atoms with Crippen LogP contribution in [0.3, 0.4) is 0 Å². The van der Waals surface area contributed by atoms with Crippen LogP contribution in [-0.4, -0.2) is 19.1 Å². The van der Waals surface area contributed by atoms with E-state index < -0.39 is 0 Å². The predicted molar refractivity (Wildman–Crippen MR) is 240 cm³/mol. The third kappa shape index (κ3) is 4.99. The summed E-state index contributed by atoms with van der Waals surface area (Å²) in [6, 6.07) is 69.6. The van der Waals surface area contributed by atoms with Gasteiger partial charge in [0.15, 0.2) is 0 Å². The number of fused-ring (bicyclic) bond motifs is 8. The number of para-hydroxylation sites is 3. The third-order valence-corrected chi connectivity index (χ3v) is 12.5. The first-order valence-electron chi connectivity index (χ1n) is 19.2. The lowest BCUT2D eigenvalue weighted by Gasteiger charge is -2.12. The van der Waals surface area contributed by atoms with Crippen LogP contribution in [-0.2, 0) is 0 Å². The summed E-state index contributed by atoms with van der Waals surface area (Å²) in [6.07, 6.45) is 0. The van der Waals surface area contributed by atoms with Gasteiger partial charge >= 0.3 is 0 Å². The highest BCUT2D eigenvalue weighted by Gasteiger charge is 2.22. The van der Waals surface area contributed by atoms with Crippen molar-refractivity contribution in [1.29, 1.82) is 0 Å². The highest BCUT2D eigenvalue weighted by Crippen LogP contribution is 2.43. The Hall–Kier alpha value is -7.34. The van der Waals surface area contributed by atoms with Gasteiger partial charge in [-0.1, -0.05) is 146 Å². The van der Waals surface area contributed by atoms with Crippen LogP contribution in [0.25, 0.3) is 109 Å². The Balaban J connectivity index is 1.15. The largest absolute Gasteiger partial charge is 0.309 e. The molecule has 0 spiro atoms. The molecule has 8 aromatic carbocycles. The van der Waals surface area contributed by atoms with Gasteiger partial charge in [-0.25, -0.2) is 9.97 Å². The van der Waals surface area contributed by atoms with Crippen LogP contribution in [0.15, 0.2) is 194 Å². The first kappa shape index (κ1) is 32.0. The van der Waals surface area contributed by atoms with Crippen molar-refractivity contribution in [2.24, 2.45) is 0 Å². The number of benzene rings is 8. The SMILES string of the molecule is c1ccc(-c2cc3nc(-n4c5ccc(-c6cccc7c8ccccc8n(-c8ccccc8)c67)cc5c5cc6ccccc6cc54)nc(-c4ccccc4)c3s2)cc1. The first-order chi connectivity index (χ1) is 28.3. The van der Waals surface area contributed by atoms with Gasteiger partial charge in [-0.05, 0) is 70.4 Å². The zero-order valence-corrected chi connectivity index (χ0v) is 31.5. The van der Waals surface area contributed by atoms with Gasteiger partial charge in [0.25, 0.3) is 0 Å². The van der Waals surface area contributed by atoms with Crippen molar-refractivity contribution in [1.82, 2.24) is 19.1 Å². The van der Waals surface area contributed by atoms with Crippen molar-refractivity contribution >= 4 is 75.9 Å². The molecule has 0 bridgehead atoms. The number of nitrogens with zero attached hydrogens (tertiary/aromatic N) is 4. The lowest BCUT2D eigenvalue weighted by molar-refractivity contribution is 1.02. The highest BCUT2D eigenvalue weighted by atomic mass is 32.1. The molecule has 57 heavy (non-hydrogen) atoms. The Morgan fingerprint density at radius 2 is 1.05 bits per heavy atom. The van der Waals surface area contributed by atoms with Gasteiger partial charge in [-0.3, -0.25) is 4.57 Å². The standard InChI is InChI=1S/C52H32N4S/c1-4-15-33(16-5-1)48-32-44-51(57-48)49(34-17-6-2-7-18-34)54-52(53-44)56-46-28-27-37(30-42(46)43-29-35-19-10-11-20-36(35)31-47(43)56)39-24-14-25-41-40-23-12-13-26-45(40)55(50(39)41)38-21-8-3-9-22-38/h1-32H. The van der Waals surface area contributed by atoms with Crippen LogP contribution >= 0.6 is 11.3 Å². The van der Waals surface area contributed by atoms with Crippen LogP contribution in [0.1, 0.15) is 0 Å². The van der Waals surface area contributed by atoms with Crippen molar-refractivity contribution in [2.45, 2.75) is 0 Å². The van der Waals surface area contributed by atoms with Crippen LogP contribution in [0.2, 0.25) is 0 Å². The molecule has 0 fully saturated rings. The molecule has 0 aliphatic rings. The van der Waals surface area contributed by atoms with Crippen LogP contribution in [0.4, 0.5) is 0 Å². The fourth-order valence-electron chi connectivity index (χ4n) is 8.74. The third-order valence-electron chi connectivity index (χ3n) is 11.3. The summed E-state index contributed by atoms with van der Waals surface area (Å²) in [5.41, 5.74) is 12.2. The Kier molecular flexibility index (Phi) is 7.06. The molecule has 12 aromatic rings. The zero-order chi connectivity index (χ0) is 37.5. The van der Waals surface area contributed by atoms with E-state index in [0.29, 0.717) is 5.95 Å². The number of hydrogen-bond donors (Lipinski definition) is 0. The molecule has 4 heterocycles. The van der Waals surface area contributed by atoms with E-state index in [-0.39, 0.29) is 0 Å². The topological polar surface area (TPSA) is 35.6 Å². The van der Waals surface area contributed by atoms with E-state index in [9.17, 15) is 0 Å². The Bertz CT molecular complexity index is 3510. The van der Waals surface area contributed by atoms with Gasteiger partial charge in [-0.2, -0.15) is 0 Å². The summed E-state index contributed by atoms with van der Waals surface area (Å²) in [5, 5.41) is 7.19. The second-order valence-corrected chi connectivity index (χ2v) is 15.7. The molecule has 0 aliphatic heterocycles. The lowest BCUT2D eigenvalue weighted by Crippen LogP contribution is -2.02. The summed E-state index contributed by atoms with van der Waals surface area (Å²) >= 11 is 1.75. The molecule has 0 atom stereocenters. The minimum Gasteiger partial charge on any atom is -0.309 e. The molecule has 266 valence electrons. The molecule has 0 aliphatic carbocycles. The number of hydrogen-bond acceptors (Lipinski definition) is 3. The minimum atomic E-state index is 0.660. The molecule has 0 saturated heterocycles. The molecule has 0 N–H and O–H groups in total. The molecule has 0 amide bonds. The predicted octanol–water partition coefficient (Wildman–Crippen LogP) is 14.0. The average molecular weight is 745 g/mol. The van der Waals surface area contributed by atoms with Crippen molar-refractivity contribution in [3.05, 3.63) is 194 Å². The van der Waals surface area contributed by atoms with Gasteiger partial charge < -0.3 is 4.57 Å². The van der Waals surface area contributed by atoms with E-state index in [1.165, 1.54) is 54.0 Å². The van der Waals surface area contributed by atoms with Crippen LogP contribution < -0.4 is 0 Å². The Labute approximate surface area is 332 Å². The molecule has 0 radical (unpaired) electrons. The average Bonchev–Trinajstić information content (AvgIpc) is 3.96. The van der Waals surface area contributed by atoms with E-state index in [1.54, 1.807) is 11.3 Å². The van der Waals surface area contributed by atoms with Gasteiger partial charge in [0.05, 0.1) is 38.0 Å². The fraction of sp³-hybridized carbons (Fsp3) is 0. The van der Waals surface area contributed by atoms with Gasteiger partial charge in [-0.15, -0.1) is 11.3 Å². The van der Waals surface area contributed by atoms with E-state index >= 15 is 0 Å². The smallest absolute Gasteiger partial charge is 0.235 e. The molecule has 12 rings (SSSR count). The summed E-state index contributed by atoms with van der Waals surface area (Å²) < 4.78 is 5.77. The maximum absolute atomic E-state index is 5.45. The Morgan fingerprint density at radius 1 is 0.404 bits per heavy atom. The van der Waals surface area contributed by atoms with Crippen molar-refractivity contribution in [3.63, 3.8) is 0 Å². The summed E-state index contributed by atoms with van der Waals surface area (Å²) in [5.74, 6) is 0.660. The van der Waals surface area contributed by atoms with Crippen molar-refractivity contribution < 1.29 is 0 Å². The second-order valence-electron chi connectivity index (χ2n) is 14.6. The fourth-order valence-corrected chi connectivity index (χ4v) is 9.85. The molecular weight excluding hydrogens is 713 g/mol. The van der Waals surface area contributed by atoms with E-state index in [4.69, 9.17) is 9.97 Å². The van der Waals surface area contributed by atoms with Crippen LogP contribution in [0.5, 0.6) is 0 Å². The summed E-state index contributed by atoms with van der Waals surface area (Å²) in [6.45, 7) is 0. The lowest BCUT2D eigenvalue weighted by atomic mass is 9.99. The van der Waals surface area contributed by atoms with Gasteiger partial charge in [0, 0.05) is 43.2 Å². The number of aromatic nitrogens is 4. The minimum absolute atomic E-state index is 0.660. The molecular formula is C52H32N4S. The second kappa shape index (κ2) is 12.6. The summed E-state index contributed by atoms with van der Waals surface area (Å²) in [7, 11) is 0. The number of thiophene rings is 1. The Morgan fingerprint density at radius 3 is 1.86 bits per heavy atom. The molecule has 5 heteroatoms. The van der Waals surface area contributed by atoms with E-state index in [0.717, 1.165) is 49.1 Å². The van der Waals surface area contributed by atoms with E-state index in [1.807, 2.05) is 0 Å². The summed E-state index contributed by atoms with van der Waals surface area (Å²) in [4.78, 5) is 12.0. The van der Waals surface area contributed by atoms with E-state index in [2.05, 4.69) is 203 Å². The highest BCUT2D eigenvalue weighted by molar-refractivity contribution is 7.22. The maximum atomic E-state index is 5.45. The first-order valence-corrected chi connectivity index (χ1v) is 20.1.